The second-order valence-electron chi connectivity index (χ2n) is 5.79. The first-order chi connectivity index (χ1) is 12.5. The van der Waals surface area contributed by atoms with Crippen molar-refractivity contribution < 1.29 is 9.47 Å². The lowest BCUT2D eigenvalue weighted by Crippen LogP contribution is -2.09. The molecular weight excluding hydrogens is 352 g/mol. The quantitative estimate of drug-likeness (QED) is 0.680. The first kappa shape index (κ1) is 19.8. The van der Waals surface area contributed by atoms with Gasteiger partial charge in [0.25, 0.3) is 0 Å². The van der Waals surface area contributed by atoms with Gasteiger partial charge < -0.3 is 14.8 Å². The third-order valence-corrected chi connectivity index (χ3v) is 4.17. The number of nitrogens with zero attached hydrogens (tertiary/aromatic N) is 3. The van der Waals surface area contributed by atoms with Crippen molar-refractivity contribution in [2.24, 2.45) is 0 Å². The minimum Gasteiger partial charge on any atom is -0.496 e. The largest absolute Gasteiger partial charge is 0.496 e. The summed E-state index contributed by atoms with van der Waals surface area (Å²) in [6.07, 6.45) is 3.27. The average Bonchev–Trinajstić information content (AvgIpc) is 2.65. The predicted octanol–water partition coefficient (Wildman–Crippen LogP) is 4.60. The van der Waals surface area contributed by atoms with E-state index in [0.29, 0.717) is 39.3 Å². The zero-order valence-corrected chi connectivity index (χ0v) is 16.3. The molecule has 0 bridgehead atoms. The molecule has 7 heteroatoms. The van der Waals surface area contributed by atoms with Crippen LogP contribution >= 0.6 is 11.6 Å². The van der Waals surface area contributed by atoms with E-state index in [-0.39, 0.29) is 5.69 Å². The van der Waals surface area contributed by atoms with Crippen molar-refractivity contribution in [3.8, 4) is 28.8 Å². The second-order valence-corrected chi connectivity index (χ2v) is 6.22. The minimum atomic E-state index is 0.237. The predicted molar refractivity (Wildman–Crippen MR) is 103 cm³/mol. The summed E-state index contributed by atoms with van der Waals surface area (Å²) in [7, 11) is 3.10. The Hall–Kier alpha value is -2.52. The van der Waals surface area contributed by atoms with Crippen LogP contribution in [0.5, 0.6) is 11.5 Å². The monoisotopic (exact) mass is 374 g/mol. The van der Waals surface area contributed by atoms with Gasteiger partial charge in [0.1, 0.15) is 23.3 Å². The standard InChI is InChI=1S/C19H23ClN4O2/c1-5-6-7-8-22-19-14(11-21)24-18(12(2)23-19)17-15(25-3)9-13(20)10-16(17)26-4/h9-10H,5-8H2,1-4H3,(H,22,23). The van der Waals surface area contributed by atoms with Gasteiger partial charge in [-0.05, 0) is 25.5 Å². The molecule has 0 saturated carbocycles. The van der Waals surface area contributed by atoms with Crippen LogP contribution in [-0.4, -0.2) is 30.7 Å². The summed E-state index contributed by atoms with van der Waals surface area (Å²) < 4.78 is 10.9. The van der Waals surface area contributed by atoms with Crippen molar-refractivity contribution in [2.45, 2.75) is 33.1 Å². The van der Waals surface area contributed by atoms with Crippen LogP contribution < -0.4 is 14.8 Å². The molecule has 0 aliphatic carbocycles. The van der Waals surface area contributed by atoms with Crippen LogP contribution in [0.2, 0.25) is 5.02 Å². The van der Waals surface area contributed by atoms with Gasteiger partial charge in [0, 0.05) is 11.6 Å². The number of ether oxygens (including phenoxy) is 2. The Morgan fingerprint density at radius 2 is 1.81 bits per heavy atom. The molecule has 1 aromatic carbocycles. The van der Waals surface area contributed by atoms with Crippen LogP contribution in [0, 0.1) is 18.3 Å². The van der Waals surface area contributed by atoms with E-state index in [0.717, 1.165) is 25.8 Å². The highest BCUT2D eigenvalue weighted by molar-refractivity contribution is 6.31. The lowest BCUT2D eigenvalue weighted by Gasteiger charge is -2.16. The Morgan fingerprint density at radius 3 is 2.35 bits per heavy atom. The first-order valence-corrected chi connectivity index (χ1v) is 8.88. The number of benzene rings is 1. The van der Waals surface area contributed by atoms with E-state index in [9.17, 15) is 5.26 Å². The van der Waals surface area contributed by atoms with Crippen LogP contribution in [0.3, 0.4) is 0 Å². The normalized spacial score (nSPS) is 10.3. The highest BCUT2D eigenvalue weighted by Gasteiger charge is 2.20. The number of aryl methyl sites for hydroxylation is 1. The molecule has 1 heterocycles. The van der Waals surface area contributed by atoms with E-state index in [4.69, 9.17) is 21.1 Å². The molecule has 0 unspecified atom stereocenters. The molecule has 2 rings (SSSR count). The third-order valence-electron chi connectivity index (χ3n) is 3.96. The molecule has 1 aromatic heterocycles. The fourth-order valence-electron chi connectivity index (χ4n) is 2.65. The van der Waals surface area contributed by atoms with Crippen LogP contribution in [0.1, 0.15) is 37.6 Å². The van der Waals surface area contributed by atoms with E-state index < -0.39 is 0 Å². The lowest BCUT2D eigenvalue weighted by atomic mass is 10.1. The van der Waals surface area contributed by atoms with Crippen LogP contribution in [0.15, 0.2) is 12.1 Å². The molecule has 2 aromatic rings. The summed E-state index contributed by atoms with van der Waals surface area (Å²) in [6, 6.07) is 5.48. The number of unbranched alkanes of at least 4 members (excludes halogenated alkanes) is 2. The van der Waals surface area contributed by atoms with Crippen molar-refractivity contribution >= 4 is 17.4 Å². The summed E-state index contributed by atoms with van der Waals surface area (Å²) >= 11 is 6.12. The topological polar surface area (TPSA) is 80.1 Å². The first-order valence-electron chi connectivity index (χ1n) is 8.50. The number of hydrogen-bond donors (Lipinski definition) is 1. The Balaban J connectivity index is 2.50. The van der Waals surface area contributed by atoms with Gasteiger partial charge >= 0.3 is 0 Å². The van der Waals surface area contributed by atoms with E-state index in [1.54, 1.807) is 26.4 Å². The van der Waals surface area contributed by atoms with E-state index in [1.807, 2.05) is 6.92 Å². The van der Waals surface area contributed by atoms with Gasteiger partial charge in [-0.3, -0.25) is 0 Å². The van der Waals surface area contributed by atoms with Gasteiger partial charge in [0.2, 0.25) is 0 Å². The third kappa shape index (κ3) is 4.36. The van der Waals surface area contributed by atoms with Gasteiger partial charge in [-0.25, -0.2) is 9.97 Å². The fourth-order valence-corrected chi connectivity index (χ4v) is 2.85. The molecule has 0 aliphatic rings. The van der Waals surface area contributed by atoms with E-state index in [2.05, 4.69) is 28.3 Å². The maximum Gasteiger partial charge on any atom is 0.183 e. The Bertz CT molecular complexity index is 793. The fraction of sp³-hybridized carbons (Fsp3) is 0.421. The van der Waals surface area contributed by atoms with Gasteiger partial charge in [0.15, 0.2) is 11.5 Å². The lowest BCUT2D eigenvalue weighted by molar-refractivity contribution is 0.397. The molecule has 1 N–H and O–H groups in total. The summed E-state index contributed by atoms with van der Waals surface area (Å²) in [5.41, 5.74) is 2.06. The van der Waals surface area contributed by atoms with Crippen molar-refractivity contribution in [3.05, 3.63) is 28.5 Å². The maximum atomic E-state index is 9.50. The zero-order valence-electron chi connectivity index (χ0n) is 15.5. The maximum absolute atomic E-state index is 9.50. The molecule has 0 spiro atoms. The van der Waals surface area contributed by atoms with Crippen LogP contribution in [0.4, 0.5) is 5.82 Å². The van der Waals surface area contributed by atoms with Crippen LogP contribution in [-0.2, 0) is 0 Å². The van der Waals surface area contributed by atoms with Crippen molar-refractivity contribution in [1.82, 2.24) is 9.97 Å². The van der Waals surface area contributed by atoms with Gasteiger partial charge in [-0.1, -0.05) is 31.4 Å². The molecule has 6 nitrogen and oxygen atoms in total. The number of halogens is 1. The van der Waals surface area contributed by atoms with E-state index >= 15 is 0 Å². The SMILES string of the molecule is CCCCCNc1nc(C)c(-c2c(OC)cc(Cl)cc2OC)nc1C#N. The highest BCUT2D eigenvalue weighted by Crippen LogP contribution is 2.41. The summed E-state index contributed by atoms with van der Waals surface area (Å²) in [5, 5.41) is 13.2. The highest BCUT2D eigenvalue weighted by atomic mass is 35.5. The van der Waals surface area contributed by atoms with E-state index in [1.165, 1.54) is 0 Å². The van der Waals surface area contributed by atoms with Crippen molar-refractivity contribution in [3.63, 3.8) is 0 Å². The molecule has 0 atom stereocenters. The summed E-state index contributed by atoms with van der Waals surface area (Å²) in [6.45, 7) is 4.74. The molecule has 0 saturated heterocycles. The van der Waals surface area contributed by atoms with Crippen LogP contribution in [0.25, 0.3) is 11.3 Å². The van der Waals surface area contributed by atoms with Gasteiger partial charge in [-0.15, -0.1) is 0 Å². The minimum absolute atomic E-state index is 0.237. The molecule has 26 heavy (non-hydrogen) atoms. The molecule has 0 amide bonds. The number of anilines is 1. The molecule has 0 aliphatic heterocycles. The summed E-state index contributed by atoms with van der Waals surface area (Å²) in [5.74, 6) is 1.52. The number of hydrogen-bond acceptors (Lipinski definition) is 6. The molecular formula is C19H23ClN4O2. The van der Waals surface area contributed by atoms with Gasteiger partial charge in [0.05, 0.1) is 25.5 Å². The second kappa shape index (κ2) is 9.25. The van der Waals surface area contributed by atoms with Gasteiger partial charge in [-0.2, -0.15) is 5.26 Å². The molecule has 138 valence electrons. The van der Waals surface area contributed by atoms with Crippen molar-refractivity contribution in [2.75, 3.05) is 26.1 Å². The zero-order chi connectivity index (χ0) is 19.1. The average molecular weight is 375 g/mol. The molecule has 0 fully saturated rings. The Labute approximate surface area is 159 Å². The number of nitrogens with one attached hydrogen (secondary N) is 1. The van der Waals surface area contributed by atoms with Crippen molar-refractivity contribution in [1.29, 1.82) is 5.26 Å². The number of nitriles is 1. The number of aromatic nitrogens is 2. The smallest absolute Gasteiger partial charge is 0.183 e. The molecule has 0 radical (unpaired) electrons. The Kier molecular flexibility index (Phi) is 7.05. The number of methoxy groups -OCH3 is 2. The summed E-state index contributed by atoms with van der Waals surface area (Å²) in [4.78, 5) is 9.07. The number of rotatable bonds is 8. The Morgan fingerprint density at radius 1 is 1.15 bits per heavy atom.